The molecule has 0 aliphatic carbocycles. The van der Waals surface area contributed by atoms with Crippen molar-refractivity contribution in [1.82, 2.24) is 0 Å². The van der Waals surface area contributed by atoms with E-state index in [0.29, 0.717) is 11.5 Å². The van der Waals surface area contributed by atoms with Crippen LogP contribution < -0.4 is 9.47 Å². The standard InChI is InChI=1S/C21H18O3/c1-16-8-5-6-13-20(16)24-21(22)15-17-9-7-12-19(14-17)23-18-10-3-2-4-11-18/h2-14H,15H2,1H3. The van der Waals surface area contributed by atoms with Gasteiger partial charge < -0.3 is 9.47 Å². The third kappa shape index (κ3) is 4.23. The van der Waals surface area contributed by atoms with Crippen molar-refractivity contribution < 1.29 is 14.3 Å². The molecule has 3 nitrogen and oxygen atoms in total. The summed E-state index contributed by atoms with van der Waals surface area (Å²) in [6, 6.07) is 24.5. The molecule has 0 bridgehead atoms. The first-order chi connectivity index (χ1) is 11.7. The van der Waals surface area contributed by atoms with Crippen LogP contribution in [0, 0.1) is 6.92 Å². The van der Waals surface area contributed by atoms with E-state index in [9.17, 15) is 4.79 Å². The maximum Gasteiger partial charge on any atom is 0.315 e. The van der Waals surface area contributed by atoms with Gasteiger partial charge in [-0.05, 0) is 48.4 Å². The van der Waals surface area contributed by atoms with Crippen molar-refractivity contribution >= 4 is 5.97 Å². The minimum atomic E-state index is -0.291. The lowest BCUT2D eigenvalue weighted by Crippen LogP contribution is -2.11. The van der Waals surface area contributed by atoms with Crippen molar-refractivity contribution in [3.63, 3.8) is 0 Å². The molecule has 24 heavy (non-hydrogen) atoms. The molecule has 3 aromatic carbocycles. The Hall–Kier alpha value is -3.07. The van der Waals surface area contributed by atoms with Crippen molar-refractivity contribution in [3.8, 4) is 17.2 Å². The Balaban J connectivity index is 1.66. The smallest absolute Gasteiger partial charge is 0.315 e. The molecule has 0 unspecified atom stereocenters. The van der Waals surface area contributed by atoms with Gasteiger partial charge in [0.1, 0.15) is 17.2 Å². The van der Waals surface area contributed by atoms with Gasteiger partial charge in [0.2, 0.25) is 0 Å². The monoisotopic (exact) mass is 318 g/mol. The van der Waals surface area contributed by atoms with E-state index in [4.69, 9.17) is 9.47 Å². The molecule has 0 N–H and O–H groups in total. The van der Waals surface area contributed by atoms with E-state index < -0.39 is 0 Å². The highest BCUT2D eigenvalue weighted by atomic mass is 16.5. The summed E-state index contributed by atoms with van der Waals surface area (Å²) in [5, 5.41) is 0. The van der Waals surface area contributed by atoms with Crippen LogP contribution in [0.3, 0.4) is 0 Å². The maximum absolute atomic E-state index is 12.1. The molecule has 0 amide bonds. The summed E-state index contributed by atoms with van der Waals surface area (Å²) in [5.41, 5.74) is 1.79. The highest BCUT2D eigenvalue weighted by Gasteiger charge is 2.09. The van der Waals surface area contributed by atoms with Crippen LogP contribution in [0.4, 0.5) is 0 Å². The van der Waals surface area contributed by atoms with Crippen molar-refractivity contribution in [1.29, 1.82) is 0 Å². The summed E-state index contributed by atoms with van der Waals surface area (Å²) in [6.45, 7) is 1.91. The van der Waals surface area contributed by atoms with Gasteiger partial charge in [-0.15, -0.1) is 0 Å². The number of aryl methyl sites for hydroxylation is 1. The number of carbonyl (C=O) groups is 1. The maximum atomic E-state index is 12.1. The summed E-state index contributed by atoms with van der Waals surface area (Å²) in [4.78, 5) is 12.1. The third-order valence-corrected chi connectivity index (χ3v) is 3.54. The van der Waals surface area contributed by atoms with Crippen LogP contribution in [-0.4, -0.2) is 5.97 Å². The largest absolute Gasteiger partial charge is 0.457 e. The number of rotatable bonds is 5. The van der Waals surface area contributed by atoms with Gasteiger partial charge in [-0.1, -0.05) is 48.5 Å². The minimum absolute atomic E-state index is 0.195. The van der Waals surface area contributed by atoms with E-state index >= 15 is 0 Å². The zero-order valence-electron chi connectivity index (χ0n) is 13.4. The van der Waals surface area contributed by atoms with Gasteiger partial charge in [0.25, 0.3) is 0 Å². The van der Waals surface area contributed by atoms with Crippen molar-refractivity contribution in [3.05, 3.63) is 90.0 Å². The van der Waals surface area contributed by atoms with Crippen molar-refractivity contribution in [2.45, 2.75) is 13.3 Å². The molecule has 3 aromatic rings. The fourth-order valence-electron chi connectivity index (χ4n) is 2.34. The average molecular weight is 318 g/mol. The van der Waals surface area contributed by atoms with Crippen molar-refractivity contribution in [2.24, 2.45) is 0 Å². The molecule has 0 aliphatic rings. The molecule has 0 aromatic heterocycles. The molecule has 0 aliphatic heterocycles. The van der Waals surface area contributed by atoms with Crippen LogP contribution in [0.25, 0.3) is 0 Å². The number of para-hydroxylation sites is 2. The molecule has 0 saturated carbocycles. The first-order valence-electron chi connectivity index (χ1n) is 7.79. The van der Waals surface area contributed by atoms with E-state index in [2.05, 4.69) is 0 Å². The van der Waals surface area contributed by atoms with Gasteiger partial charge in [0.15, 0.2) is 0 Å². The predicted molar refractivity (Wildman–Crippen MR) is 93.5 cm³/mol. The number of benzene rings is 3. The number of hydrogen-bond acceptors (Lipinski definition) is 3. The molecule has 0 heterocycles. The van der Waals surface area contributed by atoms with Gasteiger partial charge in [-0.2, -0.15) is 0 Å². The van der Waals surface area contributed by atoms with E-state index in [1.54, 1.807) is 6.07 Å². The van der Waals surface area contributed by atoms with E-state index in [-0.39, 0.29) is 12.4 Å². The Morgan fingerprint density at radius 2 is 1.54 bits per heavy atom. The van der Waals surface area contributed by atoms with Gasteiger partial charge in [0.05, 0.1) is 6.42 Å². The number of ether oxygens (including phenoxy) is 2. The van der Waals surface area contributed by atoms with Crippen LogP contribution >= 0.6 is 0 Å². The fourth-order valence-corrected chi connectivity index (χ4v) is 2.34. The molecule has 0 atom stereocenters. The molecule has 0 spiro atoms. The fraction of sp³-hybridized carbons (Fsp3) is 0.0952. The van der Waals surface area contributed by atoms with Crippen LogP contribution in [-0.2, 0) is 11.2 Å². The lowest BCUT2D eigenvalue weighted by Gasteiger charge is -2.09. The van der Waals surface area contributed by atoms with Crippen LogP contribution in [0.5, 0.6) is 17.2 Å². The Bertz CT molecular complexity index is 825. The quantitative estimate of drug-likeness (QED) is 0.494. The summed E-state index contributed by atoms with van der Waals surface area (Å²) < 4.78 is 11.2. The van der Waals surface area contributed by atoms with Gasteiger partial charge in [-0.25, -0.2) is 0 Å². The molecule has 0 radical (unpaired) electrons. The minimum Gasteiger partial charge on any atom is -0.457 e. The first kappa shape index (κ1) is 15.8. The molecule has 0 saturated heterocycles. The van der Waals surface area contributed by atoms with Crippen LogP contribution in [0.15, 0.2) is 78.9 Å². The Morgan fingerprint density at radius 1 is 0.833 bits per heavy atom. The highest BCUT2D eigenvalue weighted by molar-refractivity contribution is 5.75. The zero-order chi connectivity index (χ0) is 16.8. The first-order valence-corrected chi connectivity index (χ1v) is 7.79. The van der Waals surface area contributed by atoms with Gasteiger partial charge in [0, 0.05) is 0 Å². The lowest BCUT2D eigenvalue weighted by molar-refractivity contribution is -0.133. The SMILES string of the molecule is Cc1ccccc1OC(=O)Cc1cccc(Oc2ccccc2)c1. The predicted octanol–water partition coefficient (Wildman–Crippen LogP) is 4.94. The number of hydrogen-bond donors (Lipinski definition) is 0. The van der Waals surface area contributed by atoms with Gasteiger partial charge >= 0.3 is 5.97 Å². The second kappa shape index (κ2) is 7.47. The molecule has 120 valence electrons. The normalized spacial score (nSPS) is 10.2. The Kier molecular flexibility index (Phi) is 4.92. The Labute approximate surface area is 141 Å². The zero-order valence-corrected chi connectivity index (χ0v) is 13.4. The summed E-state index contributed by atoms with van der Waals surface area (Å²) >= 11 is 0. The van der Waals surface area contributed by atoms with E-state index in [0.717, 1.165) is 16.9 Å². The number of carbonyl (C=O) groups excluding carboxylic acids is 1. The van der Waals surface area contributed by atoms with Crippen LogP contribution in [0.1, 0.15) is 11.1 Å². The molecule has 0 fully saturated rings. The second-order valence-corrected chi connectivity index (χ2v) is 5.48. The lowest BCUT2D eigenvalue weighted by atomic mass is 10.1. The summed E-state index contributed by atoms with van der Waals surface area (Å²) in [6.07, 6.45) is 0.195. The Morgan fingerprint density at radius 3 is 2.33 bits per heavy atom. The summed E-state index contributed by atoms with van der Waals surface area (Å²) in [7, 11) is 0. The molecule has 3 heteroatoms. The molecular weight excluding hydrogens is 300 g/mol. The van der Waals surface area contributed by atoms with Gasteiger partial charge in [-0.3, -0.25) is 4.79 Å². The molecular formula is C21H18O3. The second-order valence-electron chi connectivity index (χ2n) is 5.48. The number of esters is 1. The van der Waals surface area contributed by atoms with E-state index in [1.165, 1.54) is 0 Å². The molecule has 3 rings (SSSR count). The highest BCUT2D eigenvalue weighted by Crippen LogP contribution is 2.22. The summed E-state index contributed by atoms with van der Waals surface area (Å²) in [5.74, 6) is 1.76. The topological polar surface area (TPSA) is 35.5 Å². The third-order valence-electron chi connectivity index (χ3n) is 3.54. The van der Waals surface area contributed by atoms with Crippen molar-refractivity contribution in [2.75, 3.05) is 0 Å². The van der Waals surface area contributed by atoms with Crippen LogP contribution in [0.2, 0.25) is 0 Å². The average Bonchev–Trinajstić information content (AvgIpc) is 2.58. The van der Waals surface area contributed by atoms with E-state index in [1.807, 2.05) is 79.7 Å².